The zero-order chi connectivity index (χ0) is 19.4. The molecule has 0 spiro atoms. The van der Waals surface area contributed by atoms with E-state index in [1.54, 1.807) is 36.4 Å². The molecule has 0 aliphatic heterocycles. The summed E-state index contributed by atoms with van der Waals surface area (Å²) in [6.07, 6.45) is 0.792. The molecule has 1 aromatic heterocycles. The summed E-state index contributed by atoms with van der Waals surface area (Å²) in [4.78, 5) is 18.8. The van der Waals surface area contributed by atoms with Crippen LogP contribution in [-0.2, 0) is 4.74 Å². The number of halogens is 2. The molecular weight excluding hydrogens is 387 g/mol. The lowest BCUT2D eigenvalue weighted by atomic mass is 10.2. The number of fused-ring (bicyclic) bond motifs is 1. The maximum absolute atomic E-state index is 12.2. The fraction of sp³-hybridized carbons (Fsp3) is 0.300. The summed E-state index contributed by atoms with van der Waals surface area (Å²) < 4.78 is 11.1. The molecule has 0 aliphatic carbocycles. The minimum atomic E-state index is -0.375. The summed E-state index contributed by atoms with van der Waals surface area (Å²) >= 11 is 12.1. The van der Waals surface area contributed by atoms with Crippen LogP contribution in [-0.4, -0.2) is 42.6 Å². The Hall–Kier alpha value is -2.08. The van der Waals surface area contributed by atoms with Gasteiger partial charge in [0.15, 0.2) is 5.58 Å². The number of carbonyl (C=O) groups excluding carboxylic acids is 1. The van der Waals surface area contributed by atoms with E-state index in [-0.39, 0.29) is 5.97 Å². The van der Waals surface area contributed by atoms with Gasteiger partial charge in [0.25, 0.3) is 0 Å². The summed E-state index contributed by atoms with van der Waals surface area (Å²) in [5.74, 6) is 0.0160. The van der Waals surface area contributed by atoms with Crippen LogP contribution in [0.15, 0.2) is 40.8 Å². The van der Waals surface area contributed by atoms with Crippen molar-refractivity contribution >= 4 is 40.3 Å². The van der Waals surface area contributed by atoms with E-state index < -0.39 is 0 Å². The first-order valence-electron chi connectivity index (χ1n) is 8.69. The summed E-state index contributed by atoms with van der Waals surface area (Å²) in [6.45, 7) is 4.32. The molecule has 0 unspecified atom stereocenters. The summed E-state index contributed by atoms with van der Waals surface area (Å²) in [7, 11) is 2.03. The third-order valence-corrected chi connectivity index (χ3v) is 4.63. The maximum atomic E-state index is 12.2. The summed E-state index contributed by atoms with van der Waals surface area (Å²) in [5.41, 5.74) is 2.24. The van der Waals surface area contributed by atoms with Gasteiger partial charge in [0.2, 0.25) is 5.89 Å². The summed E-state index contributed by atoms with van der Waals surface area (Å²) in [6, 6.07) is 10.1. The molecule has 0 fully saturated rings. The van der Waals surface area contributed by atoms with Crippen molar-refractivity contribution in [1.29, 1.82) is 0 Å². The van der Waals surface area contributed by atoms with E-state index in [1.807, 2.05) is 7.05 Å². The Kier molecular flexibility index (Phi) is 6.37. The SMILES string of the molecule is CCN(C)CCCOC(=O)c1ccc2nc(-c3cc(Cl)cc(Cl)c3)oc2c1. The molecule has 3 rings (SSSR count). The molecule has 0 radical (unpaired) electrons. The first-order valence-corrected chi connectivity index (χ1v) is 9.44. The van der Waals surface area contributed by atoms with Crippen LogP contribution in [0.1, 0.15) is 23.7 Å². The fourth-order valence-corrected chi connectivity index (χ4v) is 3.12. The Morgan fingerprint density at radius 1 is 1.19 bits per heavy atom. The van der Waals surface area contributed by atoms with Gasteiger partial charge in [0.05, 0.1) is 12.2 Å². The highest BCUT2D eigenvalue weighted by atomic mass is 35.5. The van der Waals surface area contributed by atoms with Gasteiger partial charge in [0, 0.05) is 22.2 Å². The van der Waals surface area contributed by atoms with Crippen molar-refractivity contribution in [2.45, 2.75) is 13.3 Å². The molecule has 142 valence electrons. The Labute approximate surface area is 167 Å². The summed E-state index contributed by atoms with van der Waals surface area (Å²) in [5, 5.41) is 0.996. The van der Waals surface area contributed by atoms with Crippen LogP contribution < -0.4 is 0 Å². The van der Waals surface area contributed by atoms with Crippen LogP contribution in [0.25, 0.3) is 22.6 Å². The lowest BCUT2D eigenvalue weighted by Gasteiger charge is -2.13. The second kappa shape index (κ2) is 8.74. The molecule has 2 aromatic carbocycles. The van der Waals surface area contributed by atoms with Crippen LogP contribution in [0.3, 0.4) is 0 Å². The molecule has 0 bridgehead atoms. The van der Waals surface area contributed by atoms with Gasteiger partial charge < -0.3 is 14.1 Å². The molecule has 5 nitrogen and oxygen atoms in total. The average molecular weight is 407 g/mol. The van der Waals surface area contributed by atoms with Gasteiger partial charge in [-0.05, 0) is 56.4 Å². The Bertz CT molecular complexity index is 935. The van der Waals surface area contributed by atoms with Crippen molar-refractivity contribution in [2.24, 2.45) is 0 Å². The van der Waals surface area contributed by atoms with Gasteiger partial charge in [-0.1, -0.05) is 30.1 Å². The molecule has 0 N–H and O–H groups in total. The molecule has 0 amide bonds. The third kappa shape index (κ3) is 5.01. The van der Waals surface area contributed by atoms with Gasteiger partial charge in [0.1, 0.15) is 5.52 Å². The average Bonchev–Trinajstić information content (AvgIpc) is 3.07. The predicted octanol–water partition coefficient (Wildman–Crippen LogP) is 5.30. The zero-order valence-electron chi connectivity index (χ0n) is 15.2. The van der Waals surface area contributed by atoms with Crippen molar-refractivity contribution in [3.8, 4) is 11.5 Å². The van der Waals surface area contributed by atoms with Crippen LogP contribution >= 0.6 is 23.2 Å². The van der Waals surface area contributed by atoms with Gasteiger partial charge in [-0.25, -0.2) is 9.78 Å². The van der Waals surface area contributed by atoms with Crippen molar-refractivity contribution in [1.82, 2.24) is 9.88 Å². The van der Waals surface area contributed by atoms with E-state index in [0.717, 1.165) is 19.5 Å². The molecule has 1 heterocycles. The van der Waals surface area contributed by atoms with Crippen LogP contribution in [0.4, 0.5) is 0 Å². The number of nitrogens with zero attached hydrogens (tertiary/aromatic N) is 2. The molecule has 7 heteroatoms. The van der Waals surface area contributed by atoms with Crippen molar-refractivity contribution < 1.29 is 13.9 Å². The van der Waals surface area contributed by atoms with Crippen molar-refractivity contribution in [2.75, 3.05) is 26.7 Å². The van der Waals surface area contributed by atoms with E-state index in [2.05, 4.69) is 16.8 Å². The molecule has 27 heavy (non-hydrogen) atoms. The quantitative estimate of drug-likeness (QED) is 0.393. The number of ether oxygens (including phenoxy) is 1. The smallest absolute Gasteiger partial charge is 0.338 e. The highest BCUT2D eigenvalue weighted by Gasteiger charge is 2.14. The fourth-order valence-electron chi connectivity index (χ4n) is 2.59. The van der Waals surface area contributed by atoms with Crippen molar-refractivity contribution in [3.05, 3.63) is 52.0 Å². The van der Waals surface area contributed by atoms with Crippen molar-refractivity contribution in [3.63, 3.8) is 0 Å². The maximum Gasteiger partial charge on any atom is 0.338 e. The first-order chi connectivity index (χ1) is 13.0. The minimum Gasteiger partial charge on any atom is -0.462 e. The standard InChI is InChI=1S/C20H20Cl2N2O3/c1-3-24(2)7-4-8-26-20(25)13-5-6-17-18(11-13)27-19(23-17)14-9-15(21)12-16(22)10-14/h5-6,9-12H,3-4,7-8H2,1-2H3. The number of oxazole rings is 1. The van der Waals surface area contributed by atoms with Crippen LogP contribution in [0.2, 0.25) is 10.0 Å². The number of carbonyl (C=O) groups is 1. The minimum absolute atomic E-state index is 0.375. The van der Waals surface area contributed by atoms with Gasteiger partial charge in [-0.15, -0.1) is 0 Å². The van der Waals surface area contributed by atoms with Crippen LogP contribution in [0.5, 0.6) is 0 Å². The number of benzene rings is 2. The largest absolute Gasteiger partial charge is 0.462 e. The van der Waals surface area contributed by atoms with E-state index in [9.17, 15) is 4.79 Å². The highest BCUT2D eigenvalue weighted by Crippen LogP contribution is 2.29. The van der Waals surface area contributed by atoms with E-state index in [0.29, 0.717) is 44.8 Å². The van der Waals surface area contributed by atoms with Gasteiger partial charge in [-0.2, -0.15) is 0 Å². The molecule has 0 atom stereocenters. The second-order valence-corrected chi connectivity index (χ2v) is 7.12. The number of rotatable bonds is 7. The number of esters is 1. The molecular formula is C20H20Cl2N2O3. The number of aromatic nitrogens is 1. The number of hydrogen-bond donors (Lipinski definition) is 0. The highest BCUT2D eigenvalue weighted by molar-refractivity contribution is 6.35. The van der Waals surface area contributed by atoms with E-state index >= 15 is 0 Å². The Balaban J connectivity index is 1.72. The molecule has 0 aliphatic rings. The van der Waals surface area contributed by atoms with Crippen LogP contribution in [0, 0.1) is 0 Å². The molecule has 0 saturated carbocycles. The van der Waals surface area contributed by atoms with E-state index in [4.69, 9.17) is 32.4 Å². The predicted molar refractivity (Wildman–Crippen MR) is 108 cm³/mol. The third-order valence-electron chi connectivity index (χ3n) is 4.19. The van der Waals surface area contributed by atoms with Gasteiger partial charge >= 0.3 is 5.97 Å². The Morgan fingerprint density at radius 3 is 2.63 bits per heavy atom. The van der Waals surface area contributed by atoms with E-state index in [1.165, 1.54) is 0 Å². The topological polar surface area (TPSA) is 55.6 Å². The molecule has 3 aromatic rings. The first kappa shape index (κ1) is 19.7. The zero-order valence-corrected chi connectivity index (χ0v) is 16.7. The normalized spacial score (nSPS) is 11.3. The lowest BCUT2D eigenvalue weighted by molar-refractivity contribution is 0.0491. The lowest BCUT2D eigenvalue weighted by Crippen LogP contribution is -2.20. The monoisotopic (exact) mass is 406 g/mol. The number of hydrogen-bond acceptors (Lipinski definition) is 5. The Morgan fingerprint density at radius 2 is 1.93 bits per heavy atom. The molecule has 0 saturated heterocycles. The second-order valence-electron chi connectivity index (χ2n) is 6.25. The van der Waals surface area contributed by atoms with Gasteiger partial charge in [-0.3, -0.25) is 0 Å².